The second kappa shape index (κ2) is 5.28. The molecule has 0 aliphatic heterocycles. The highest BCUT2D eigenvalue weighted by Gasteiger charge is 2.18. The minimum atomic E-state index is -1.32. The lowest BCUT2D eigenvalue weighted by Gasteiger charge is -2.13. The first-order valence-corrected chi connectivity index (χ1v) is 5.95. The zero-order chi connectivity index (χ0) is 14.9. The topological polar surface area (TPSA) is 49.3 Å². The van der Waals surface area contributed by atoms with E-state index in [1.165, 1.54) is 0 Å². The van der Waals surface area contributed by atoms with Gasteiger partial charge >= 0.3 is 5.97 Å². The Morgan fingerprint density at radius 3 is 2.45 bits per heavy atom. The Hall–Kier alpha value is -2.43. The average Bonchev–Trinajstić information content (AvgIpc) is 2.37. The fourth-order valence-corrected chi connectivity index (χ4v) is 1.94. The molecule has 5 heteroatoms. The Bertz CT molecular complexity index is 684. The third kappa shape index (κ3) is 2.61. The van der Waals surface area contributed by atoms with Gasteiger partial charge in [-0.05, 0) is 37.6 Å². The Balaban J connectivity index is 2.52. The summed E-state index contributed by atoms with van der Waals surface area (Å²) in [6, 6.07) is 7.19. The summed E-state index contributed by atoms with van der Waals surface area (Å²) >= 11 is 0. The first-order chi connectivity index (χ1) is 9.40. The van der Waals surface area contributed by atoms with Crippen LogP contribution in [0.25, 0.3) is 0 Å². The normalized spacial score (nSPS) is 10.4. The van der Waals surface area contributed by atoms with Crippen LogP contribution in [-0.2, 0) is 0 Å². The van der Waals surface area contributed by atoms with Gasteiger partial charge in [0, 0.05) is 5.69 Å². The maximum atomic E-state index is 13.8. The van der Waals surface area contributed by atoms with Gasteiger partial charge in [-0.1, -0.05) is 17.7 Å². The van der Waals surface area contributed by atoms with E-state index >= 15 is 0 Å². The van der Waals surface area contributed by atoms with Crippen LogP contribution in [0.4, 0.5) is 20.2 Å². The fourth-order valence-electron chi connectivity index (χ4n) is 1.94. The van der Waals surface area contributed by atoms with E-state index in [4.69, 9.17) is 5.11 Å². The lowest BCUT2D eigenvalue weighted by atomic mass is 10.1. The molecule has 104 valence electrons. The fraction of sp³-hybridized carbons (Fsp3) is 0.133. The number of hydrogen-bond donors (Lipinski definition) is 2. The Morgan fingerprint density at radius 2 is 1.85 bits per heavy atom. The third-order valence-corrected chi connectivity index (χ3v) is 2.97. The molecule has 0 atom stereocenters. The molecule has 0 aliphatic carbocycles. The summed E-state index contributed by atoms with van der Waals surface area (Å²) in [5.41, 5.74) is 1.67. The van der Waals surface area contributed by atoms with Crippen molar-refractivity contribution in [1.29, 1.82) is 0 Å². The Morgan fingerprint density at radius 1 is 1.15 bits per heavy atom. The Labute approximate surface area is 114 Å². The molecule has 0 aliphatic rings. The maximum absolute atomic E-state index is 13.8. The lowest BCUT2D eigenvalue weighted by Crippen LogP contribution is -2.07. The van der Waals surface area contributed by atoms with Crippen LogP contribution in [0.3, 0.4) is 0 Å². The predicted molar refractivity (Wildman–Crippen MR) is 72.5 cm³/mol. The van der Waals surface area contributed by atoms with Gasteiger partial charge < -0.3 is 10.4 Å². The summed E-state index contributed by atoms with van der Waals surface area (Å²) in [6.07, 6.45) is 0. The molecule has 2 N–H and O–H groups in total. The van der Waals surface area contributed by atoms with Crippen LogP contribution >= 0.6 is 0 Å². The predicted octanol–water partition coefficient (Wildman–Crippen LogP) is 4.02. The summed E-state index contributed by atoms with van der Waals surface area (Å²) in [4.78, 5) is 11.1. The number of carboxylic acids is 1. The SMILES string of the molecule is Cc1ccc(Nc2c(C(=O)O)ccc(F)c2F)c(C)c1. The number of carboxylic acid groups (broad SMARTS) is 1. The van der Waals surface area contributed by atoms with E-state index in [1.54, 1.807) is 19.1 Å². The highest BCUT2D eigenvalue weighted by molar-refractivity contribution is 5.95. The molecule has 0 spiro atoms. The van der Waals surface area contributed by atoms with Crippen molar-refractivity contribution in [3.63, 3.8) is 0 Å². The lowest BCUT2D eigenvalue weighted by molar-refractivity contribution is 0.0697. The number of nitrogens with one attached hydrogen (secondary N) is 1. The molecule has 0 saturated heterocycles. The van der Waals surface area contributed by atoms with Gasteiger partial charge in [0.2, 0.25) is 0 Å². The van der Waals surface area contributed by atoms with Crippen molar-refractivity contribution in [3.8, 4) is 0 Å². The Kier molecular flexibility index (Phi) is 3.70. The molecule has 2 aromatic carbocycles. The molecular formula is C15H13F2NO2. The van der Waals surface area contributed by atoms with Crippen LogP contribution in [-0.4, -0.2) is 11.1 Å². The first-order valence-electron chi connectivity index (χ1n) is 5.95. The summed E-state index contributed by atoms with van der Waals surface area (Å²) < 4.78 is 27.1. The molecule has 3 nitrogen and oxygen atoms in total. The largest absolute Gasteiger partial charge is 0.478 e. The molecule has 20 heavy (non-hydrogen) atoms. The smallest absolute Gasteiger partial charge is 0.337 e. The van der Waals surface area contributed by atoms with Gasteiger partial charge in [-0.25, -0.2) is 13.6 Å². The van der Waals surface area contributed by atoms with Crippen LogP contribution in [0.15, 0.2) is 30.3 Å². The van der Waals surface area contributed by atoms with E-state index in [9.17, 15) is 13.6 Å². The van der Waals surface area contributed by atoms with Crippen molar-refractivity contribution >= 4 is 17.3 Å². The van der Waals surface area contributed by atoms with Gasteiger partial charge in [0.25, 0.3) is 0 Å². The number of carbonyl (C=O) groups is 1. The van der Waals surface area contributed by atoms with E-state index in [-0.39, 0.29) is 11.3 Å². The molecule has 0 radical (unpaired) electrons. The standard InChI is InChI=1S/C15H13F2NO2/c1-8-3-6-12(9(2)7-8)18-14-10(15(19)20)4-5-11(16)13(14)17/h3-7,18H,1-2H3,(H,19,20). The van der Waals surface area contributed by atoms with Crippen molar-refractivity contribution in [2.75, 3.05) is 5.32 Å². The van der Waals surface area contributed by atoms with E-state index in [2.05, 4.69) is 5.32 Å². The molecule has 2 rings (SSSR count). The summed E-state index contributed by atoms with van der Waals surface area (Å²) in [7, 11) is 0. The number of benzene rings is 2. The quantitative estimate of drug-likeness (QED) is 0.890. The van der Waals surface area contributed by atoms with Gasteiger partial charge in [0.05, 0.1) is 11.3 Å². The van der Waals surface area contributed by atoms with Crippen molar-refractivity contribution < 1.29 is 18.7 Å². The number of halogens is 2. The highest BCUT2D eigenvalue weighted by Crippen LogP contribution is 2.28. The zero-order valence-corrected chi connectivity index (χ0v) is 11.0. The molecule has 0 bridgehead atoms. The number of anilines is 2. The molecule has 0 amide bonds. The van der Waals surface area contributed by atoms with Crippen molar-refractivity contribution in [1.82, 2.24) is 0 Å². The van der Waals surface area contributed by atoms with Gasteiger partial charge in [0.15, 0.2) is 11.6 Å². The van der Waals surface area contributed by atoms with Crippen molar-refractivity contribution in [2.45, 2.75) is 13.8 Å². The van der Waals surface area contributed by atoms with Crippen molar-refractivity contribution in [3.05, 3.63) is 58.7 Å². The molecule has 2 aromatic rings. The minimum Gasteiger partial charge on any atom is -0.478 e. The molecular weight excluding hydrogens is 264 g/mol. The van der Waals surface area contributed by atoms with Gasteiger partial charge in [-0.2, -0.15) is 0 Å². The monoisotopic (exact) mass is 277 g/mol. The molecule has 0 aromatic heterocycles. The van der Waals surface area contributed by atoms with Crippen LogP contribution < -0.4 is 5.32 Å². The first kappa shape index (κ1) is 14.0. The second-order valence-corrected chi connectivity index (χ2v) is 4.53. The number of aryl methyl sites for hydroxylation is 2. The second-order valence-electron chi connectivity index (χ2n) is 4.53. The van der Waals surface area contributed by atoms with Crippen molar-refractivity contribution in [2.24, 2.45) is 0 Å². The maximum Gasteiger partial charge on any atom is 0.337 e. The average molecular weight is 277 g/mol. The summed E-state index contributed by atoms with van der Waals surface area (Å²) in [5.74, 6) is -3.62. The molecule has 0 saturated carbocycles. The number of rotatable bonds is 3. The number of hydrogen-bond acceptors (Lipinski definition) is 2. The van der Waals surface area contributed by atoms with Gasteiger partial charge in [0.1, 0.15) is 0 Å². The van der Waals surface area contributed by atoms with Crippen LogP contribution in [0.1, 0.15) is 21.5 Å². The molecule has 0 heterocycles. The van der Waals surface area contributed by atoms with Gasteiger partial charge in [-0.15, -0.1) is 0 Å². The number of aromatic carboxylic acids is 1. The van der Waals surface area contributed by atoms with E-state index in [0.717, 1.165) is 23.3 Å². The summed E-state index contributed by atoms with van der Waals surface area (Å²) in [6.45, 7) is 3.70. The molecule has 0 fully saturated rings. The van der Waals surface area contributed by atoms with Crippen LogP contribution in [0, 0.1) is 25.5 Å². The van der Waals surface area contributed by atoms with Gasteiger partial charge in [-0.3, -0.25) is 0 Å². The molecule has 0 unspecified atom stereocenters. The van der Waals surface area contributed by atoms with E-state index in [1.807, 2.05) is 13.0 Å². The third-order valence-electron chi connectivity index (χ3n) is 2.97. The minimum absolute atomic E-state index is 0.316. The van der Waals surface area contributed by atoms with E-state index in [0.29, 0.717) is 5.69 Å². The van der Waals surface area contributed by atoms with Crippen LogP contribution in [0.2, 0.25) is 0 Å². The zero-order valence-electron chi connectivity index (χ0n) is 11.0. The van der Waals surface area contributed by atoms with E-state index < -0.39 is 17.6 Å². The van der Waals surface area contributed by atoms with Crippen LogP contribution in [0.5, 0.6) is 0 Å². The summed E-state index contributed by atoms with van der Waals surface area (Å²) in [5, 5.41) is 11.7. The highest BCUT2D eigenvalue weighted by atomic mass is 19.2.